The van der Waals surface area contributed by atoms with Gasteiger partial charge < -0.3 is 5.32 Å². The van der Waals surface area contributed by atoms with Gasteiger partial charge in [-0.2, -0.15) is 0 Å². The van der Waals surface area contributed by atoms with Crippen molar-refractivity contribution in [3.63, 3.8) is 0 Å². The van der Waals surface area contributed by atoms with Crippen LogP contribution in [0.15, 0.2) is 72.8 Å². The van der Waals surface area contributed by atoms with E-state index in [1.54, 1.807) is 12.1 Å². The van der Waals surface area contributed by atoms with E-state index >= 15 is 0 Å². The molecule has 0 fully saturated rings. The average molecular weight is 367 g/mol. The molecule has 3 rings (SSSR count). The Hall–Kier alpha value is -3.18. The van der Waals surface area contributed by atoms with Crippen molar-refractivity contribution in [2.45, 2.75) is 6.42 Å². The van der Waals surface area contributed by atoms with Crippen LogP contribution in [0.4, 0.5) is 11.4 Å². The minimum absolute atomic E-state index is 0.0334. The Morgan fingerprint density at radius 1 is 1.00 bits per heavy atom. The van der Waals surface area contributed by atoms with Crippen molar-refractivity contribution in [3.8, 4) is 0 Å². The molecule has 0 saturated heterocycles. The third kappa shape index (κ3) is 4.07. The van der Waals surface area contributed by atoms with Gasteiger partial charge in [-0.25, -0.2) is 0 Å². The molecule has 3 aromatic carbocycles. The number of anilines is 1. The van der Waals surface area contributed by atoms with Gasteiger partial charge in [0, 0.05) is 16.8 Å². The number of hydrogen-bond donors (Lipinski definition) is 1. The van der Waals surface area contributed by atoms with E-state index in [4.69, 9.17) is 11.6 Å². The number of nitro benzene ring substituents is 1. The van der Waals surface area contributed by atoms with E-state index in [1.165, 1.54) is 18.2 Å². The number of benzene rings is 3. The standard InChI is InChI=1S/C20H15ClN2O3/c21-16-10-11-17(19(13-16)23(25)26)20(24)22-18-9-5-4-8-15(18)12-14-6-2-1-3-7-14/h1-11,13H,12H2,(H,22,24). The van der Waals surface area contributed by atoms with Crippen LogP contribution in [-0.2, 0) is 6.42 Å². The normalized spacial score (nSPS) is 10.3. The Labute approximate surface area is 155 Å². The second kappa shape index (κ2) is 7.80. The van der Waals surface area contributed by atoms with Gasteiger partial charge in [-0.1, -0.05) is 60.1 Å². The van der Waals surface area contributed by atoms with E-state index in [0.29, 0.717) is 12.1 Å². The van der Waals surface area contributed by atoms with E-state index in [9.17, 15) is 14.9 Å². The summed E-state index contributed by atoms with van der Waals surface area (Å²) in [5.41, 5.74) is 2.28. The highest BCUT2D eigenvalue weighted by Gasteiger charge is 2.21. The monoisotopic (exact) mass is 366 g/mol. The van der Waals surface area contributed by atoms with Crippen molar-refractivity contribution in [3.05, 3.63) is 105 Å². The van der Waals surface area contributed by atoms with Gasteiger partial charge in [0.25, 0.3) is 11.6 Å². The maximum Gasteiger partial charge on any atom is 0.283 e. The largest absolute Gasteiger partial charge is 0.322 e. The quantitative estimate of drug-likeness (QED) is 0.505. The summed E-state index contributed by atoms with van der Waals surface area (Å²) in [5.74, 6) is -0.547. The van der Waals surface area contributed by atoms with Crippen molar-refractivity contribution in [1.29, 1.82) is 0 Å². The molecule has 0 saturated carbocycles. The SMILES string of the molecule is O=C(Nc1ccccc1Cc1ccccc1)c1ccc(Cl)cc1[N+](=O)[O-]. The van der Waals surface area contributed by atoms with Gasteiger partial charge in [0.2, 0.25) is 0 Å². The van der Waals surface area contributed by atoms with Gasteiger partial charge in [-0.05, 0) is 35.7 Å². The Kier molecular flexibility index (Phi) is 5.29. The number of rotatable bonds is 5. The first kappa shape index (κ1) is 17.6. The molecule has 3 aromatic rings. The van der Waals surface area contributed by atoms with E-state index in [0.717, 1.165) is 11.1 Å². The molecule has 1 N–H and O–H groups in total. The van der Waals surface area contributed by atoms with E-state index in [2.05, 4.69) is 5.32 Å². The van der Waals surface area contributed by atoms with Crippen LogP contribution in [0.5, 0.6) is 0 Å². The maximum atomic E-state index is 12.6. The summed E-state index contributed by atoms with van der Waals surface area (Å²) >= 11 is 5.81. The summed E-state index contributed by atoms with van der Waals surface area (Å²) in [6.07, 6.45) is 0.639. The third-order valence-electron chi connectivity index (χ3n) is 3.90. The van der Waals surface area contributed by atoms with Crippen molar-refractivity contribution < 1.29 is 9.72 Å². The van der Waals surface area contributed by atoms with Crippen LogP contribution in [0.2, 0.25) is 5.02 Å². The van der Waals surface area contributed by atoms with Gasteiger partial charge in [0.1, 0.15) is 5.56 Å². The molecule has 0 radical (unpaired) electrons. The molecule has 0 aliphatic rings. The lowest BCUT2D eigenvalue weighted by molar-refractivity contribution is -0.385. The molecule has 6 heteroatoms. The smallest absolute Gasteiger partial charge is 0.283 e. The fourth-order valence-electron chi connectivity index (χ4n) is 2.65. The fourth-order valence-corrected chi connectivity index (χ4v) is 2.82. The minimum Gasteiger partial charge on any atom is -0.322 e. The summed E-state index contributed by atoms with van der Waals surface area (Å²) in [5, 5.41) is 14.2. The summed E-state index contributed by atoms with van der Waals surface area (Å²) in [7, 11) is 0. The summed E-state index contributed by atoms with van der Waals surface area (Å²) in [4.78, 5) is 23.2. The zero-order chi connectivity index (χ0) is 18.5. The molecular weight excluding hydrogens is 352 g/mol. The zero-order valence-corrected chi connectivity index (χ0v) is 14.4. The number of amides is 1. The highest BCUT2D eigenvalue weighted by atomic mass is 35.5. The zero-order valence-electron chi connectivity index (χ0n) is 13.7. The Bertz CT molecular complexity index is 958. The van der Waals surface area contributed by atoms with Crippen LogP contribution in [0.25, 0.3) is 0 Å². The molecule has 0 aliphatic heterocycles. The molecule has 0 heterocycles. The van der Waals surface area contributed by atoms with E-state index in [-0.39, 0.29) is 16.3 Å². The maximum absolute atomic E-state index is 12.6. The van der Waals surface area contributed by atoms with Crippen molar-refractivity contribution in [2.75, 3.05) is 5.32 Å². The van der Waals surface area contributed by atoms with E-state index < -0.39 is 10.8 Å². The minimum atomic E-state index is -0.614. The molecule has 130 valence electrons. The molecule has 0 aliphatic carbocycles. The predicted molar refractivity (Wildman–Crippen MR) is 102 cm³/mol. The molecule has 0 spiro atoms. The lowest BCUT2D eigenvalue weighted by atomic mass is 10.0. The van der Waals surface area contributed by atoms with E-state index in [1.807, 2.05) is 42.5 Å². The first-order valence-electron chi connectivity index (χ1n) is 7.92. The lowest BCUT2D eigenvalue weighted by Gasteiger charge is -2.11. The molecule has 1 amide bonds. The summed E-state index contributed by atoms with van der Waals surface area (Å²) < 4.78 is 0. The second-order valence-electron chi connectivity index (χ2n) is 5.69. The second-order valence-corrected chi connectivity index (χ2v) is 6.13. The van der Waals surface area contributed by atoms with Crippen molar-refractivity contribution in [2.24, 2.45) is 0 Å². The van der Waals surface area contributed by atoms with Crippen LogP contribution < -0.4 is 5.32 Å². The molecule has 5 nitrogen and oxygen atoms in total. The Morgan fingerprint density at radius 3 is 2.42 bits per heavy atom. The topological polar surface area (TPSA) is 72.2 Å². The van der Waals surface area contributed by atoms with Crippen LogP contribution in [0.3, 0.4) is 0 Å². The molecule has 0 aromatic heterocycles. The van der Waals surface area contributed by atoms with Gasteiger partial charge in [0.05, 0.1) is 4.92 Å². The summed E-state index contributed by atoms with van der Waals surface area (Å²) in [6, 6.07) is 21.2. The Morgan fingerprint density at radius 2 is 1.69 bits per heavy atom. The number of hydrogen-bond acceptors (Lipinski definition) is 3. The number of nitrogens with one attached hydrogen (secondary N) is 1. The third-order valence-corrected chi connectivity index (χ3v) is 4.14. The highest BCUT2D eigenvalue weighted by Crippen LogP contribution is 2.25. The van der Waals surface area contributed by atoms with Crippen molar-refractivity contribution in [1.82, 2.24) is 0 Å². The van der Waals surface area contributed by atoms with Gasteiger partial charge in [0.15, 0.2) is 0 Å². The molecular formula is C20H15ClN2O3. The number of para-hydroxylation sites is 1. The first-order valence-corrected chi connectivity index (χ1v) is 8.29. The highest BCUT2D eigenvalue weighted by molar-refractivity contribution is 6.31. The predicted octanol–water partition coefficient (Wildman–Crippen LogP) is 5.09. The Balaban J connectivity index is 1.88. The van der Waals surface area contributed by atoms with Gasteiger partial charge >= 0.3 is 0 Å². The van der Waals surface area contributed by atoms with Gasteiger partial charge in [-0.3, -0.25) is 14.9 Å². The average Bonchev–Trinajstić information content (AvgIpc) is 2.64. The number of nitro groups is 1. The van der Waals surface area contributed by atoms with Crippen LogP contribution in [0, 0.1) is 10.1 Å². The van der Waals surface area contributed by atoms with Crippen LogP contribution >= 0.6 is 11.6 Å². The first-order chi connectivity index (χ1) is 12.5. The molecule has 26 heavy (non-hydrogen) atoms. The van der Waals surface area contributed by atoms with Crippen molar-refractivity contribution >= 4 is 28.9 Å². The van der Waals surface area contributed by atoms with Crippen LogP contribution in [0.1, 0.15) is 21.5 Å². The molecule has 0 bridgehead atoms. The fraction of sp³-hybridized carbons (Fsp3) is 0.0500. The number of carbonyl (C=O) groups excluding carboxylic acids is 1. The lowest BCUT2D eigenvalue weighted by Crippen LogP contribution is -2.15. The van der Waals surface area contributed by atoms with Crippen LogP contribution in [-0.4, -0.2) is 10.8 Å². The molecule has 0 unspecified atom stereocenters. The van der Waals surface area contributed by atoms with Gasteiger partial charge in [-0.15, -0.1) is 0 Å². The number of carbonyl (C=O) groups is 1. The number of nitrogens with zero attached hydrogens (tertiary/aromatic N) is 1. The summed E-state index contributed by atoms with van der Waals surface area (Å²) in [6.45, 7) is 0. The number of halogens is 1. The molecule has 0 atom stereocenters.